The van der Waals surface area contributed by atoms with Crippen molar-refractivity contribution < 1.29 is 22.5 Å². The van der Waals surface area contributed by atoms with E-state index in [4.69, 9.17) is 0 Å². The Hall–Kier alpha value is -1.64. The van der Waals surface area contributed by atoms with E-state index < -0.39 is 0 Å². The Balaban J connectivity index is 0.00000288. The number of halogens is 1. The molecular formula is C21H28ClNO. The Morgan fingerprint density at radius 1 is 1.08 bits per heavy atom. The molecule has 0 fully saturated rings. The fraction of sp³-hybridized carbons (Fsp3) is 0.381. The summed E-state index contributed by atoms with van der Waals surface area (Å²) < 4.78 is 0. The van der Waals surface area contributed by atoms with Crippen LogP contribution in [0.1, 0.15) is 46.8 Å². The SMILES string of the molecule is CCC(Cc1ccccc1)[NH2+]CCC(=O)c1cc(C)ccc1C.[Cl-]. The summed E-state index contributed by atoms with van der Waals surface area (Å²) in [6.07, 6.45) is 2.79. The lowest BCUT2D eigenvalue weighted by Gasteiger charge is -2.14. The second-order valence-corrected chi connectivity index (χ2v) is 6.37. The number of carbonyl (C=O) groups excluding carboxylic acids is 1. The minimum absolute atomic E-state index is 0. The predicted octanol–water partition coefficient (Wildman–Crippen LogP) is 0.465. The van der Waals surface area contributed by atoms with Crippen molar-refractivity contribution in [3.63, 3.8) is 0 Å². The van der Waals surface area contributed by atoms with Crippen LogP contribution in [0.25, 0.3) is 0 Å². The molecule has 0 aromatic heterocycles. The summed E-state index contributed by atoms with van der Waals surface area (Å²) in [5.41, 5.74) is 4.49. The average molecular weight is 346 g/mol. The molecule has 2 rings (SSSR count). The molecule has 130 valence electrons. The molecule has 0 radical (unpaired) electrons. The smallest absolute Gasteiger partial charge is 0.168 e. The fourth-order valence-corrected chi connectivity index (χ4v) is 2.93. The van der Waals surface area contributed by atoms with Gasteiger partial charge in [0.2, 0.25) is 0 Å². The van der Waals surface area contributed by atoms with Gasteiger partial charge in [-0.2, -0.15) is 0 Å². The first-order chi connectivity index (χ1) is 11.1. The quantitative estimate of drug-likeness (QED) is 0.693. The Morgan fingerprint density at radius 2 is 1.79 bits per heavy atom. The molecule has 2 aromatic carbocycles. The summed E-state index contributed by atoms with van der Waals surface area (Å²) in [4.78, 5) is 12.4. The Kier molecular flexibility index (Phi) is 8.73. The number of hydrogen-bond donors (Lipinski definition) is 1. The van der Waals surface area contributed by atoms with E-state index >= 15 is 0 Å². The minimum atomic E-state index is 0. The summed E-state index contributed by atoms with van der Waals surface area (Å²) >= 11 is 0. The lowest BCUT2D eigenvalue weighted by atomic mass is 10.00. The Labute approximate surface area is 152 Å². The molecule has 0 saturated heterocycles. The topological polar surface area (TPSA) is 33.7 Å². The molecule has 0 spiro atoms. The van der Waals surface area contributed by atoms with Gasteiger partial charge in [0, 0.05) is 12.0 Å². The maximum absolute atomic E-state index is 12.4. The third-order valence-electron chi connectivity index (χ3n) is 4.43. The van der Waals surface area contributed by atoms with Crippen molar-refractivity contribution in [2.45, 2.75) is 46.1 Å². The van der Waals surface area contributed by atoms with Gasteiger partial charge >= 0.3 is 0 Å². The van der Waals surface area contributed by atoms with Crippen molar-refractivity contribution in [1.82, 2.24) is 0 Å². The molecule has 0 aliphatic carbocycles. The van der Waals surface area contributed by atoms with Crippen LogP contribution in [0.3, 0.4) is 0 Å². The Morgan fingerprint density at radius 3 is 2.46 bits per heavy atom. The van der Waals surface area contributed by atoms with Gasteiger partial charge in [-0.15, -0.1) is 0 Å². The van der Waals surface area contributed by atoms with E-state index in [1.807, 2.05) is 26.0 Å². The van der Waals surface area contributed by atoms with Crippen LogP contribution in [-0.2, 0) is 6.42 Å². The molecule has 2 aromatic rings. The lowest BCUT2D eigenvalue weighted by Crippen LogP contribution is -3.00. The molecule has 0 saturated carbocycles. The third kappa shape index (κ3) is 6.10. The zero-order valence-electron chi connectivity index (χ0n) is 14.9. The van der Waals surface area contributed by atoms with Crippen molar-refractivity contribution in [2.24, 2.45) is 0 Å². The van der Waals surface area contributed by atoms with Gasteiger partial charge in [-0.05, 0) is 37.5 Å². The van der Waals surface area contributed by atoms with Crippen molar-refractivity contribution in [3.05, 3.63) is 70.8 Å². The second kappa shape index (κ2) is 10.3. The van der Waals surface area contributed by atoms with Crippen LogP contribution in [0.5, 0.6) is 0 Å². The van der Waals surface area contributed by atoms with Crippen LogP contribution in [0.2, 0.25) is 0 Å². The predicted molar refractivity (Wildman–Crippen MR) is 95.9 cm³/mol. The van der Waals surface area contributed by atoms with Crippen LogP contribution >= 0.6 is 0 Å². The standard InChI is InChI=1S/C21H27NO.ClH/c1-4-19(15-18-8-6-5-7-9-18)22-13-12-21(23)20-14-16(2)10-11-17(20)3;/h5-11,14,19,22H,4,12-13,15H2,1-3H3;1H. The number of aryl methyl sites for hydroxylation is 2. The maximum Gasteiger partial charge on any atom is 0.168 e. The number of benzene rings is 2. The van der Waals surface area contributed by atoms with Crippen molar-refractivity contribution in [2.75, 3.05) is 6.54 Å². The van der Waals surface area contributed by atoms with E-state index in [0.29, 0.717) is 12.5 Å². The molecule has 0 amide bonds. The molecule has 24 heavy (non-hydrogen) atoms. The van der Waals surface area contributed by atoms with Crippen molar-refractivity contribution in [3.8, 4) is 0 Å². The largest absolute Gasteiger partial charge is 1.00 e. The second-order valence-electron chi connectivity index (χ2n) is 6.37. The van der Waals surface area contributed by atoms with Crippen LogP contribution in [0.4, 0.5) is 0 Å². The normalized spacial score (nSPS) is 11.6. The highest BCUT2D eigenvalue weighted by Gasteiger charge is 2.13. The third-order valence-corrected chi connectivity index (χ3v) is 4.43. The van der Waals surface area contributed by atoms with Gasteiger partial charge in [0.25, 0.3) is 0 Å². The van der Waals surface area contributed by atoms with E-state index in [1.54, 1.807) is 0 Å². The first-order valence-electron chi connectivity index (χ1n) is 8.58. The number of nitrogens with two attached hydrogens (primary N) is 1. The first-order valence-corrected chi connectivity index (χ1v) is 8.58. The van der Waals surface area contributed by atoms with Crippen LogP contribution in [0.15, 0.2) is 48.5 Å². The van der Waals surface area contributed by atoms with Gasteiger partial charge in [-0.3, -0.25) is 4.79 Å². The summed E-state index contributed by atoms with van der Waals surface area (Å²) in [7, 11) is 0. The summed E-state index contributed by atoms with van der Waals surface area (Å²) in [6, 6.07) is 17.2. The highest BCUT2D eigenvalue weighted by molar-refractivity contribution is 5.97. The van der Waals surface area contributed by atoms with E-state index in [0.717, 1.165) is 36.1 Å². The van der Waals surface area contributed by atoms with Gasteiger partial charge in [0.1, 0.15) is 0 Å². The van der Waals surface area contributed by atoms with E-state index in [2.05, 4.69) is 48.6 Å². The molecule has 3 heteroatoms. The molecule has 0 bridgehead atoms. The van der Waals surface area contributed by atoms with E-state index in [1.165, 1.54) is 5.56 Å². The molecule has 0 heterocycles. The van der Waals surface area contributed by atoms with Gasteiger partial charge in [-0.25, -0.2) is 0 Å². The van der Waals surface area contributed by atoms with Gasteiger partial charge in [0.15, 0.2) is 5.78 Å². The summed E-state index contributed by atoms with van der Waals surface area (Å²) in [6.45, 7) is 7.13. The maximum atomic E-state index is 12.4. The molecule has 2 nitrogen and oxygen atoms in total. The molecular weight excluding hydrogens is 318 g/mol. The summed E-state index contributed by atoms with van der Waals surface area (Å²) in [5, 5.41) is 2.33. The van der Waals surface area contributed by atoms with E-state index in [9.17, 15) is 4.79 Å². The molecule has 0 aliphatic heterocycles. The van der Waals surface area contributed by atoms with Gasteiger partial charge in [0.05, 0.1) is 19.0 Å². The first kappa shape index (κ1) is 20.4. The average Bonchev–Trinajstić information content (AvgIpc) is 2.57. The Bertz CT molecular complexity index is 640. The number of ketones is 1. The zero-order chi connectivity index (χ0) is 16.7. The minimum Gasteiger partial charge on any atom is -1.00 e. The molecule has 0 aliphatic rings. The number of rotatable bonds is 8. The molecule has 1 atom stereocenters. The number of hydrogen-bond acceptors (Lipinski definition) is 1. The fourth-order valence-electron chi connectivity index (χ4n) is 2.93. The molecule has 1 unspecified atom stereocenters. The van der Waals surface area contributed by atoms with E-state index in [-0.39, 0.29) is 18.2 Å². The highest BCUT2D eigenvalue weighted by Crippen LogP contribution is 2.12. The van der Waals surface area contributed by atoms with Crippen LogP contribution in [0, 0.1) is 13.8 Å². The highest BCUT2D eigenvalue weighted by atomic mass is 35.5. The molecule has 2 N–H and O–H groups in total. The number of carbonyl (C=O) groups is 1. The lowest BCUT2D eigenvalue weighted by molar-refractivity contribution is -0.688. The van der Waals surface area contributed by atoms with Crippen molar-refractivity contribution in [1.29, 1.82) is 0 Å². The van der Waals surface area contributed by atoms with Crippen LogP contribution in [-0.4, -0.2) is 18.4 Å². The van der Waals surface area contributed by atoms with Crippen LogP contribution < -0.4 is 17.7 Å². The zero-order valence-corrected chi connectivity index (χ0v) is 15.6. The van der Waals surface area contributed by atoms with Gasteiger partial charge < -0.3 is 17.7 Å². The monoisotopic (exact) mass is 345 g/mol. The number of Topliss-reactive ketones (excluding diaryl/α,β-unsaturated/α-hetero) is 1. The summed E-state index contributed by atoms with van der Waals surface area (Å²) in [5.74, 6) is 0.261. The van der Waals surface area contributed by atoms with Gasteiger partial charge in [-0.1, -0.05) is 55.0 Å². The number of quaternary nitrogens is 1. The van der Waals surface area contributed by atoms with Crippen molar-refractivity contribution >= 4 is 5.78 Å².